The number of Topliss-reactive ketones (excluding diaryl/α,β-unsaturated/α-hetero) is 2. The van der Waals surface area contributed by atoms with Crippen LogP contribution in [0.2, 0.25) is 0 Å². The summed E-state index contributed by atoms with van der Waals surface area (Å²) in [6.45, 7) is 0.329. The molecular formula is C14H13N3O4. The van der Waals surface area contributed by atoms with Crippen molar-refractivity contribution in [3.8, 4) is 0 Å². The first-order chi connectivity index (χ1) is 9.97. The van der Waals surface area contributed by atoms with E-state index in [0.29, 0.717) is 12.2 Å². The zero-order chi connectivity index (χ0) is 15.4. The lowest BCUT2D eigenvalue weighted by Crippen LogP contribution is -2.19. The summed E-state index contributed by atoms with van der Waals surface area (Å²) in [5, 5.41) is 12.5. The number of hydrogen-bond donors (Lipinski definition) is 2. The number of aliphatic carboxylic acids is 1. The topological polar surface area (TPSA) is 115 Å². The van der Waals surface area contributed by atoms with Gasteiger partial charge in [-0.15, -0.1) is 0 Å². The molecule has 2 rings (SSSR count). The molecule has 1 aromatic heterocycles. The molecule has 0 aliphatic rings. The summed E-state index contributed by atoms with van der Waals surface area (Å²) in [6.07, 6.45) is 0.749. The van der Waals surface area contributed by atoms with Crippen LogP contribution in [0.25, 0.3) is 0 Å². The Balaban J connectivity index is 2.14. The number of carbonyl (C=O) groups excluding carboxylic acids is 2. The Morgan fingerprint density at radius 2 is 1.81 bits per heavy atom. The number of carboxylic acids is 1. The van der Waals surface area contributed by atoms with Crippen LogP contribution in [0.5, 0.6) is 0 Å². The average molecular weight is 287 g/mol. The van der Waals surface area contributed by atoms with E-state index < -0.39 is 24.0 Å². The number of hydrogen-bond acceptors (Lipinski definition) is 5. The predicted octanol–water partition coefficient (Wildman–Crippen LogP) is 0.740. The van der Waals surface area contributed by atoms with Crippen molar-refractivity contribution >= 4 is 23.2 Å². The molecule has 2 aromatic rings. The standard InChI is InChI=1S/C14H13N3O4/c15-10-3-1-9(2-4-10)8-17-11(5-6-16-17)12(18)7-13(19)14(20)21/h1-6H,7-8,15H2,(H,20,21). The molecule has 0 saturated heterocycles. The zero-order valence-corrected chi connectivity index (χ0v) is 11.0. The summed E-state index contributed by atoms with van der Waals surface area (Å²) in [6, 6.07) is 8.51. The number of nitrogens with zero attached hydrogens (tertiary/aromatic N) is 2. The smallest absolute Gasteiger partial charge is 0.372 e. The Kier molecular flexibility index (Phi) is 4.13. The Hall–Kier alpha value is -2.96. The molecule has 0 saturated carbocycles. The lowest BCUT2D eigenvalue weighted by molar-refractivity contribution is -0.148. The highest BCUT2D eigenvalue weighted by molar-refractivity contribution is 6.37. The van der Waals surface area contributed by atoms with E-state index in [2.05, 4.69) is 5.10 Å². The number of carboxylic acid groups (broad SMARTS) is 1. The molecule has 0 spiro atoms. The van der Waals surface area contributed by atoms with Gasteiger partial charge < -0.3 is 10.8 Å². The van der Waals surface area contributed by atoms with Gasteiger partial charge in [0.1, 0.15) is 5.69 Å². The average Bonchev–Trinajstić information content (AvgIpc) is 2.89. The number of carbonyl (C=O) groups is 3. The highest BCUT2D eigenvalue weighted by Gasteiger charge is 2.20. The molecule has 1 heterocycles. The summed E-state index contributed by atoms with van der Waals surface area (Å²) in [7, 11) is 0. The van der Waals surface area contributed by atoms with Crippen molar-refractivity contribution in [1.29, 1.82) is 0 Å². The second-order valence-corrected chi connectivity index (χ2v) is 4.44. The molecule has 0 aliphatic carbocycles. The van der Waals surface area contributed by atoms with E-state index in [4.69, 9.17) is 10.8 Å². The molecule has 0 aliphatic heterocycles. The first kappa shape index (κ1) is 14.4. The fourth-order valence-corrected chi connectivity index (χ4v) is 1.80. The summed E-state index contributed by atoms with van der Waals surface area (Å²) in [4.78, 5) is 33.5. The zero-order valence-electron chi connectivity index (χ0n) is 11.0. The van der Waals surface area contributed by atoms with Crippen molar-refractivity contribution in [2.45, 2.75) is 13.0 Å². The van der Waals surface area contributed by atoms with E-state index in [1.165, 1.54) is 16.9 Å². The molecule has 0 fully saturated rings. The number of anilines is 1. The monoisotopic (exact) mass is 287 g/mol. The van der Waals surface area contributed by atoms with Crippen molar-refractivity contribution in [2.75, 3.05) is 5.73 Å². The first-order valence-corrected chi connectivity index (χ1v) is 6.13. The maximum absolute atomic E-state index is 11.9. The van der Waals surface area contributed by atoms with Gasteiger partial charge >= 0.3 is 5.97 Å². The van der Waals surface area contributed by atoms with E-state index in [-0.39, 0.29) is 5.69 Å². The van der Waals surface area contributed by atoms with Crippen LogP contribution in [0.4, 0.5) is 5.69 Å². The van der Waals surface area contributed by atoms with E-state index >= 15 is 0 Å². The molecule has 0 amide bonds. The molecular weight excluding hydrogens is 274 g/mol. The Morgan fingerprint density at radius 3 is 2.43 bits per heavy atom. The van der Waals surface area contributed by atoms with Crippen molar-refractivity contribution in [1.82, 2.24) is 9.78 Å². The van der Waals surface area contributed by atoms with Crippen LogP contribution in [-0.2, 0) is 16.1 Å². The van der Waals surface area contributed by atoms with Crippen LogP contribution in [0, 0.1) is 0 Å². The van der Waals surface area contributed by atoms with Gasteiger partial charge in [-0.1, -0.05) is 12.1 Å². The van der Waals surface area contributed by atoms with Crippen molar-refractivity contribution in [3.05, 3.63) is 47.8 Å². The Labute approximate surface area is 120 Å². The summed E-state index contributed by atoms with van der Waals surface area (Å²) in [5.41, 5.74) is 7.30. The van der Waals surface area contributed by atoms with Gasteiger partial charge in [0, 0.05) is 11.9 Å². The van der Waals surface area contributed by atoms with Crippen molar-refractivity contribution < 1.29 is 19.5 Å². The van der Waals surface area contributed by atoms with Crippen LogP contribution in [0.3, 0.4) is 0 Å². The van der Waals surface area contributed by atoms with Gasteiger partial charge in [-0.05, 0) is 23.8 Å². The second kappa shape index (κ2) is 6.00. The Morgan fingerprint density at radius 1 is 1.14 bits per heavy atom. The van der Waals surface area contributed by atoms with Gasteiger partial charge in [-0.3, -0.25) is 14.3 Å². The molecule has 108 valence electrons. The highest BCUT2D eigenvalue weighted by atomic mass is 16.4. The maximum Gasteiger partial charge on any atom is 0.372 e. The minimum atomic E-state index is -1.62. The van der Waals surface area contributed by atoms with Gasteiger partial charge in [-0.2, -0.15) is 5.10 Å². The van der Waals surface area contributed by atoms with Crippen LogP contribution >= 0.6 is 0 Å². The van der Waals surface area contributed by atoms with Crippen LogP contribution in [0.15, 0.2) is 36.5 Å². The van der Waals surface area contributed by atoms with Gasteiger partial charge in [-0.25, -0.2) is 4.79 Å². The molecule has 21 heavy (non-hydrogen) atoms. The number of ketones is 2. The van der Waals surface area contributed by atoms with Crippen LogP contribution in [0.1, 0.15) is 22.5 Å². The molecule has 0 atom stereocenters. The van der Waals surface area contributed by atoms with Gasteiger partial charge in [0.15, 0.2) is 5.78 Å². The minimum Gasteiger partial charge on any atom is -0.475 e. The largest absolute Gasteiger partial charge is 0.475 e. The van der Waals surface area contributed by atoms with Crippen molar-refractivity contribution in [2.24, 2.45) is 0 Å². The van der Waals surface area contributed by atoms with Gasteiger partial charge in [0.05, 0.1) is 13.0 Å². The summed E-state index contributed by atoms with van der Waals surface area (Å²) < 4.78 is 1.42. The first-order valence-electron chi connectivity index (χ1n) is 6.13. The third-order valence-corrected chi connectivity index (χ3v) is 2.87. The lowest BCUT2D eigenvalue weighted by Gasteiger charge is -2.06. The molecule has 7 heteroatoms. The minimum absolute atomic E-state index is 0.196. The molecule has 0 radical (unpaired) electrons. The van der Waals surface area contributed by atoms with E-state index in [1.54, 1.807) is 24.3 Å². The molecule has 3 N–H and O–H groups in total. The van der Waals surface area contributed by atoms with E-state index in [9.17, 15) is 14.4 Å². The second-order valence-electron chi connectivity index (χ2n) is 4.44. The quantitative estimate of drug-likeness (QED) is 0.350. The van der Waals surface area contributed by atoms with E-state index in [0.717, 1.165) is 5.56 Å². The summed E-state index contributed by atoms with van der Waals surface area (Å²) >= 11 is 0. The fourth-order valence-electron chi connectivity index (χ4n) is 1.80. The molecule has 0 bridgehead atoms. The fraction of sp³-hybridized carbons (Fsp3) is 0.143. The third kappa shape index (κ3) is 3.53. The normalized spacial score (nSPS) is 10.3. The van der Waals surface area contributed by atoms with Gasteiger partial charge in [0.2, 0.25) is 5.78 Å². The molecule has 0 unspecified atom stereocenters. The van der Waals surface area contributed by atoms with Gasteiger partial charge in [0.25, 0.3) is 0 Å². The van der Waals surface area contributed by atoms with Crippen LogP contribution in [-0.4, -0.2) is 32.4 Å². The number of aromatic nitrogens is 2. The number of nitrogens with two attached hydrogens (primary N) is 1. The highest BCUT2D eigenvalue weighted by Crippen LogP contribution is 2.10. The van der Waals surface area contributed by atoms with E-state index in [1.807, 2.05) is 0 Å². The number of nitrogen functional groups attached to an aromatic ring is 1. The number of benzene rings is 1. The van der Waals surface area contributed by atoms with Crippen molar-refractivity contribution in [3.63, 3.8) is 0 Å². The third-order valence-electron chi connectivity index (χ3n) is 2.87. The molecule has 7 nitrogen and oxygen atoms in total. The lowest BCUT2D eigenvalue weighted by atomic mass is 10.1. The maximum atomic E-state index is 11.9. The summed E-state index contributed by atoms with van der Waals surface area (Å²) in [5.74, 6) is -3.33. The van der Waals surface area contributed by atoms with Crippen LogP contribution < -0.4 is 5.73 Å². The molecule has 1 aromatic carbocycles. The Bertz CT molecular complexity index is 688. The predicted molar refractivity (Wildman–Crippen MR) is 73.8 cm³/mol. The number of rotatable bonds is 6. The SMILES string of the molecule is Nc1ccc(Cn2nccc2C(=O)CC(=O)C(=O)O)cc1.